The fraction of sp³-hybridized carbons (Fsp3) is 0.321. The summed E-state index contributed by atoms with van der Waals surface area (Å²) in [6.45, 7) is 8.27. The van der Waals surface area contributed by atoms with Crippen LogP contribution in [-0.2, 0) is 0 Å². The molecule has 9 heteroatoms. The van der Waals surface area contributed by atoms with Crippen LogP contribution in [-0.4, -0.2) is 47.2 Å². The highest BCUT2D eigenvalue weighted by Crippen LogP contribution is 2.25. The molecule has 1 unspecified atom stereocenters. The van der Waals surface area contributed by atoms with E-state index in [-0.39, 0.29) is 17.9 Å². The number of amides is 2. The van der Waals surface area contributed by atoms with Gasteiger partial charge in [0.25, 0.3) is 11.8 Å². The summed E-state index contributed by atoms with van der Waals surface area (Å²) in [5, 5.41) is 19.5. The largest absolute Gasteiger partial charge is 0.368 e. The van der Waals surface area contributed by atoms with Crippen LogP contribution in [0, 0.1) is 0 Å². The summed E-state index contributed by atoms with van der Waals surface area (Å²) in [5.74, 6) is -0.0119. The van der Waals surface area contributed by atoms with Crippen molar-refractivity contribution in [2.75, 3.05) is 23.3 Å². The number of piperazine rings is 1. The van der Waals surface area contributed by atoms with E-state index in [2.05, 4.69) is 51.8 Å². The van der Waals surface area contributed by atoms with Gasteiger partial charge in [0.15, 0.2) is 5.82 Å². The van der Waals surface area contributed by atoms with Gasteiger partial charge < -0.3 is 20.9 Å². The Bertz CT molecular complexity index is 1370. The summed E-state index contributed by atoms with van der Waals surface area (Å²) >= 11 is 1.63. The zero-order valence-electron chi connectivity index (χ0n) is 21.2. The Morgan fingerprint density at radius 2 is 1.78 bits per heavy atom. The maximum atomic E-state index is 13.0. The molecule has 0 aliphatic carbocycles. The molecule has 5 rings (SSSR count). The third-order valence-electron chi connectivity index (χ3n) is 6.71. The van der Waals surface area contributed by atoms with E-state index >= 15 is 0 Å². The van der Waals surface area contributed by atoms with Crippen molar-refractivity contribution in [2.45, 2.75) is 45.3 Å². The second-order valence-corrected chi connectivity index (χ2v) is 10.6. The Morgan fingerprint density at radius 3 is 2.46 bits per heavy atom. The van der Waals surface area contributed by atoms with Crippen LogP contribution in [0.4, 0.5) is 11.5 Å². The van der Waals surface area contributed by atoms with Gasteiger partial charge in [-0.15, -0.1) is 11.3 Å². The van der Waals surface area contributed by atoms with Gasteiger partial charge in [-0.05, 0) is 74.2 Å². The predicted octanol–water partition coefficient (Wildman–Crippen LogP) is 4.94. The molecule has 0 saturated carbocycles. The monoisotopic (exact) mass is 516 g/mol. The maximum absolute atomic E-state index is 13.0. The van der Waals surface area contributed by atoms with Crippen LogP contribution in [0.25, 0.3) is 10.9 Å². The summed E-state index contributed by atoms with van der Waals surface area (Å²) in [7, 11) is 0. The lowest BCUT2D eigenvalue weighted by molar-refractivity contribution is 0.0935. The first-order valence-corrected chi connectivity index (χ1v) is 13.5. The molecule has 2 aromatic carbocycles. The number of aromatic nitrogens is 2. The number of benzene rings is 2. The number of fused-ring (bicyclic) bond motifs is 1. The van der Waals surface area contributed by atoms with Crippen molar-refractivity contribution in [2.24, 2.45) is 0 Å². The number of nitrogens with one attached hydrogen (secondary N) is 4. The van der Waals surface area contributed by atoms with Crippen LogP contribution in [0.2, 0.25) is 0 Å². The molecule has 4 N–H and O–H groups in total. The molecule has 37 heavy (non-hydrogen) atoms. The SMILES string of the molecule is CCC(NC(=O)c1ccc2[nH]nc(NC(=O)c3ccc(N4C[C@@H](C)N[C@@H](C)C4)cc3)c2c1)c1cccs1. The van der Waals surface area contributed by atoms with Crippen molar-refractivity contribution in [1.29, 1.82) is 0 Å². The third-order valence-corrected chi connectivity index (χ3v) is 7.70. The average Bonchev–Trinajstić information content (AvgIpc) is 3.57. The van der Waals surface area contributed by atoms with Gasteiger partial charge in [0.05, 0.1) is 11.6 Å². The third kappa shape index (κ3) is 5.52. The Labute approximate surface area is 220 Å². The number of rotatable bonds is 7. The minimum absolute atomic E-state index is 0.0395. The molecule has 3 atom stereocenters. The van der Waals surface area contributed by atoms with Crippen LogP contribution in [0.5, 0.6) is 0 Å². The molecule has 1 saturated heterocycles. The number of carbonyl (C=O) groups excluding carboxylic acids is 2. The highest BCUT2D eigenvalue weighted by atomic mass is 32.1. The quantitative estimate of drug-likeness (QED) is 0.279. The molecular weight excluding hydrogens is 484 g/mol. The molecule has 8 nitrogen and oxygen atoms in total. The van der Waals surface area contributed by atoms with E-state index in [1.54, 1.807) is 23.5 Å². The van der Waals surface area contributed by atoms with Crippen LogP contribution >= 0.6 is 11.3 Å². The summed E-state index contributed by atoms with van der Waals surface area (Å²) in [6.07, 6.45) is 0.799. The molecule has 192 valence electrons. The van der Waals surface area contributed by atoms with Crippen molar-refractivity contribution >= 4 is 45.6 Å². The normalized spacial score (nSPS) is 18.5. The highest BCUT2D eigenvalue weighted by Gasteiger charge is 2.22. The summed E-state index contributed by atoms with van der Waals surface area (Å²) < 4.78 is 0. The number of H-pyrrole nitrogens is 1. The number of aromatic amines is 1. The Balaban J connectivity index is 1.29. The standard InChI is InChI=1S/C28H32N6O2S/c1-4-23(25-6-5-13-37-25)30-28(36)20-9-12-24-22(14-20)26(33-32-24)31-27(35)19-7-10-21(11-8-19)34-15-17(2)29-18(3)16-34/h5-14,17-18,23,29H,4,15-16H2,1-3H3,(H,30,36)(H2,31,32,33,35)/t17-,18+,23?. The van der Waals surface area contributed by atoms with E-state index in [1.807, 2.05) is 47.8 Å². The van der Waals surface area contributed by atoms with Crippen LogP contribution in [0.15, 0.2) is 60.0 Å². The van der Waals surface area contributed by atoms with Crippen molar-refractivity contribution < 1.29 is 9.59 Å². The van der Waals surface area contributed by atoms with Crippen LogP contribution < -0.4 is 20.9 Å². The number of carbonyl (C=O) groups is 2. The van der Waals surface area contributed by atoms with Gasteiger partial charge in [0.2, 0.25) is 0 Å². The molecule has 0 spiro atoms. The fourth-order valence-electron chi connectivity index (χ4n) is 4.90. The van der Waals surface area contributed by atoms with E-state index in [0.29, 0.717) is 34.4 Å². The summed E-state index contributed by atoms with van der Waals surface area (Å²) in [6, 6.07) is 17.8. The van der Waals surface area contributed by atoms with E-state index < -0.39 is 0 Å². The van der Waals surface area contributed by atoms with Gasteiger partial charge in [-0.2, -0.15) is 5.10 Å². The minimum Gasteiger partial charge on any atom is -0.368 e. The molecule has 0 radical (unpaired) electrons. The molecule has 4 aromatic rings. The zero-order valence-corrected chi connectivity index (χ0v) is 22.1. The molecule has 3 heterocycles. The van der Waals surface area contributed by atoms with E-state index in [9.17, 15) is 9.59 Å². The van der Waals surface area contributed by atoms with E-state index in [1.165, 1.54) is 0 Å². The lowest BCUT2D eigenvalue weighted by Crippen LogP contribution is -2.54. The summed E-state index contributed by atoms with van der Waals surface area (Å²) in [5.41, 5.74) is 2.91. The molecule has 1 aliphatic rings. The predicted molar refractivity (Wildman–Crippen MR) is 150 cm³/mol. The Kier molecular flexibility index (Phi) is 7.25. The number of anilines is 2. The van der Waals surface area contributed by atoms with Gasteiger partial charge in [-0.3, -0.25) is 14.7 Å². The number of hydrogen-bond donors (Lipinski definition) is 4. The number of hydrogen-bond acceptors (Lipinski definition) is 6. The molecule has 1 aliphatic heterocycles. The van der Waals surface area contributed by atoms with Gasteiger partial charge in [-0.25, -0.2) is 0 Å². The lowest BCUT2D eigenvalue weighted by atomic mass is 10.1. The second-order valence-electron chi connectivity index (χ2n) is 9.66. The first-order chi connectivity index (χ1) is 17.9. The molecule has 0 bridgehead atoms. The Hall–Kier alpha value is -3.69. The van der Waals surface area contributed by atoms with Gasteiger partial charge in [0.1, 0.15) is 0 Å². The van der Waals surface area contributed by atoms with Gasteiger partial charge >= 0.3 is 0 Å². The average molecular weight is 517 g/mol. The first kappa shape index (κ1) is 25.0. The molecule has 2 aromatic heterocycles. The topological polar surface area (TPSA) is 102 Å². The lowest BCUT2D eigenvalue weighted by Gasteiger charge is -2.37. The molecular formula is C28H32N6O2S. The minimum atomic E-state index is -0.249. The van der Waals surface area contributed by atoms with E-state index in [0.717, 1.165) is 35.6 Å². The van der Waals surface area contributed by atoms with Crippen molar-refractivity contribution in [3.05, 3.63) is 76.0 Å². The smallest absolute Gasteiger partial charge is 0.256 e. The van der Waals surface area contributed by atoms with Crippen LogP contribution in [0.1, 0.15) is 58.8 Å². The fourth-order valence-corrected chi connectivity index (χ4v) is 5.76. The number of nitrogens with zero attached hydrogens (tertiary/aromatic N) is 2. The highest BCUT2D eigenvalue weighted by molar-refractivity contribution is 7.10. The van der Waals surface area contributed by atoms with E-state index in [4.69, 9.17) is 0 Å². The van der Waals surface area contributed by atoms with Gasteiger partial charge in [0, 0.05) is 52.3 Å². The number of thiophene rings is 1. The van der Waals surface area contributed by atoms with Gasteiger partial charge in [-0.1, -0.05) is 13.0 Å². The van der Waals surface area contributed by atoms with Crippen molar-refractivity contribution in [3.8, 4) is 0 Å². The maximum Gasteiger partial charge on any atom is 0.256 e. The summed E-state index contributed by atoms with van der Waals surface area (Å²) in [4.78, 5) is 29.5. The molecule has 1 fully saturated rings. The zero-order chi connectivity index (χ0) is 25.9. The van der Waals surface area contributed by atoms with Crippen molar-refractivity contribution in [3.63, 3.8) is 0 Å². The van der Waals surface area contributed by atoms with Crippen molar-refractivity contribution in [1.82, 2.24) is 20.8 Å². The second kappa shape index (κ2) is 10.7. The molecule has 2 amide bonds. The van der Waals surface area contributed by atoms with Crippen LogP contribution in [0.3, 0.4) is 0 Å². The Morgan fingerprint density at radius 1 is 1.05 bits per heavy atom. The first-order valence-electron chi connectivity index (χ1n) is 12.7.